The van der Waals surface area contributed by atoms with Gasteiger partial charge in [-0.3, -0.25) is 9.88 Å². The fourth-order valence-corrected chi connectivity index (χ4v) is 3.09. The smallest absolute Gasteiger partial charge is 0.133 e. The summed E-state index contributed by atoms with van der Waals surface area (Å²) in [6.07, 6.45) is 2.75. The summed E-state index contributed by atoms with van der Waals surface area (Å²) in [5.74, 6) is 0.981. The number of pyridine rings is 2. The molecule has 1 aliphatic rings. The monoisotopic (exact) mass is 312 g/mol. The van der Waals surface area contributed by atoms with Crippen LogP contribution in [0.2, 0.25) is 0 Å². The quantitative estimate of drug-likeness (QED) is 0.939. The maximum atomic E-state index is 9.75. The molecule has 0 radical (unpaired) electrons. The summed E-state index contributed by atoms with van der Waals surface area (Å²) in [4.78, 5) is 13.7. The van der Waals surface area contributed by atoms with Crippen molar-refractivity contribution in [1.82, 2.24) is 14.9 Å². The van der Waals surface area contributed by atoms with Crippen LogP contribution in [0.25, 0.3) is 0 Å². The Morgan fingerprint density at radius 2 is 2.13 bits per heavy atom. The summed E-state index contributed by atoms with van der Waals surface area (Å²) < 4.78 is 0. The molecule has 23 heavy (non-hydrogen) atoms. The van der Waals surface area contributed by atoms with Gasteiger partial charge in [0.1, 0.15) is 5.82 Å². The highest BCUT2D eigenvalue weighted by atomic mass is 16.3. The van der Waals surface area contributed by atoms with E-state index in [2.05, 4.69) is 33.0 Å². The number of nitrogens with zero attached hydrogens (tertiary/aromatic N) is 4. The molecule has 1 atom stereocenters. The molecule has 0 amide bonds. The van der Waals surface area contributed by atoms with Gasteiger partial charge < -0.3 is 10.0 Å². The van der Waals surface area contributed by atoms with Crippen molar-refractivity contribution in [3.8, 4) is 0 Å². The van der Waals surface area contributed by atoms with E-state index in [1.807, 2.05) is 32.3 Å². The Balaban J connectivity index is 1.88. The average Bonchev–Trinajstić information content (AvgIpc) is 2.56. The lowest BCUT2D eigenvalue weighted by molar-refractivity contribution is 0.204. The van der Waals surface area contributed by atoms with Crippen molar-refractivity contribution in [3.05, 3.63) is 53.5 Å². The maximum absolute atomic E-state index is 9.75. The van der Waals surface area contributed by atoms with Gasteiger partial charge in [-0.2, -0.15) is 0 Å². The van der Waals surface area contributed by atoms with Crippen LogP contribution in [0.1, 0.15) is 23.4 Å². The third-order valence-electron chi connectivity index (χ3n) is 4.47. The molecule has 0 fully saturated rings. The minimum absolute atomic E-state index is 0.0922. The van der Waals surface area contributed by atoms with Gasteiger partial charge in [-0.15, -0.1) is 0 Å². The number of hydrogen-bond acceptors (Lipinski definition) is 5. The lowest BCUT2D eigenvalue weighted by Crippen LogP contribution is -2.41. The van der Waals surface area contributed by atoms with E-state index in [-0.39, 0.29) is 12.6 Å². The molecular formula is C18H24N4O. The van der Waals surface area contributed by atoms with Gasteiger partial charge in [0.05, 0.1) is 18.3 Å². The van der Waals surface area contributed by atoms with Crippen LogP contribution in [0.4, 0.5) is 5.82 Å². The van der Waals surface area contributed by atoms with E-state index >= 15 is 0 Å². The third kappa shape index (κ3) is 3.68. The van der Waals surface area contributed by atoms with Crippen molar-refractivity contribution in [2.24, 2.45) is 0 Å². The van der Waals surface area contributed by atoms with E-state index < -0.39 is 0 Å². The van der Waals surface area contributed by atoms with Gasteiger partial charge in [-0.1, -0.05) is 12.1 Å². The number of aromatic nitrogens is 2. The van der Waals surface area contributed by atoms with E-state index in [1.165, 1.54) is 5.56 Å². The fourth-order valence-electron chi connectivity index (χ4n) is 3.09. The molecule has 122 valence electrons. The van der Waals surface area contributed by atoms with Crippen molar-refractivity contribution in [2.45, 2.75) is 32.5 Å². The molecule has 0 aliphatic carbocycles. The number of hydrogen-bond donors (Lipinski definition) is 1. The van der Waals surface area contributed by atoms with Gasteiger partial charge >= 0.3 is 0 Å². The third-order valence-corrected chi connectivity index (χ3v) is 4.47. The lowest BCUT2D eigenvalue weighted by Gasteiger charge is -2.35. The zero-order valence-corrected chi connectivity index (χ0v) is 13.8. The van der Waals surface area contributed by atoms with Crippen LogP contribution in [-0.4, -0.2) is 46.2 Å². The van der Waals surface area contributed by atoms with Gasteiger partial charge in [0.15, 0.2) is 0 Å². The maximum Gasteiger partial charge on any atom is 0.133 e. The van der Waals surface area contributed by atoms with Gasteiger partial charge in [0, 0.05) is 44.1 Å². The molecule has 0 unspecified atom stereocenters. The number of aryl methyl sites for hydroxylation is 1. The summed E-state index contributed by atoms with van der Waals surface area (Å²) in [5.41, 5.74) is 3.28. The summed E-state index contributed by atoms with van der Waals surface area (Å²) >= 11 is 0. The molecule has 2 aromatic heterocycles. The standard InChI is InChI=1S/C18H24N4O/c1-14-6-7-15-11-22(12-16-5-3-4-9-19-16)10-8-17(13-23)21(2)18(15)20-14/h3-7,9,17,23H,8,10-13H2,1-2H3/t17-/m0/s1. The zero-order chi connectivity index (χ0) is 16.2. The second-order valence-electron chi connectivity index (χ2n) is 6.20. The number of likely N-dealkylation sites (N-methyl/N-ethyl adjacent to an activating group) is 1. The highest BCUT2D eigenvalue weighted by Gasteiger charge is 2.24. The summed E-state index contributed by atoms with van der Waals surface area (Å²) in [5, 5.41) is 9.75. The lowest BCUT2D eigenvalue weighted by atomic mass is 10.1. The number of aliphatic hydroxyl groups is 1. The Kier molecular flexibility index (Phi) is 4.88. The Labute approximate surface area is 137 Å². The number of aliphatic hydroxyl groups excluding tert-OH is 1. The van der Waals surface area contributed by atoms with Crippen LogP contribution in [-0.2, 0) is 13.1 Å². The summed E-state index contributed by atoms with van der Waals surface area (Å²) in [6, 6.07) is 10.3. The normalized spacial score (nSPS) is 19.1. The topological polar surface area (TPSA) is 52.5 Å². The Morgan fingerprint density at radius 1 is 1.26 bits per heavy atom. The molecule has 3 heterocycles. The van der Waals surface area contributed by atoms with E-state index in [9.17, 15) is 5.11 Å². The van der Waals surface area contributed by atoms with Crippen molar-refractivity contribution < 1.29 is 5.11 Å². The Hall–Kier alpha value is -1.98. The van der Waals surface area contributed by atoms with Crippen LogP contribution in [0.3, 0.4) is 0 Å². The minimum Gasteiger partial charge on any atom is -0.394 e. The van der Waals surface area contributed by atoms with E-state index in [1.54, 1.807) is 0 Å². The first-order valence-electron chi connectivity index (χ1n) is 8.10. The minimum atomic E-state index is 0.0922. The Bertz CT molecular complexity index is 647. The Morgan fingerprint density at radius 3 is 2.87 bits per heavy atom. The molecule has 0 bridgehead atoms. The molecule has 0 saturated carbocycles. The van der Waals surface area contributed by atoms with Gasteiger partial charge in [0.2, 0.25) is 0 Å². The van der Waals surface area contributed by atoms with Gasteiger partial charge in [-0.05, 0) is 31.5 Å². The van der Waals surface area contributed by atoms with Crippen molar-refractivity contribution >= 4 is 5.82 Å². The second kappa shape index (κ2) is 7.06. The van der Waals surface area contributed by atoms with Crippen molar-refractivity contribution in [3.63, 3.8) is 0 Å². The zero-order valence-electron chi connectivity index (χ0n) is 13.8. The average molecular weight is 312 g/mol. The highest BCUT2D eigenvalue weighted by Crippen LogP contribution is 2.25. The molecule has 2 aromatic rings. The molecule has 1 N–H and O–H groups in total. The molecule has 1 aliphatic heterocycles. The first-order valence-corrected chi connectivity index (χ1v) is 8.10. The SMILES string of the molecule is Cc1ccc2c(n1)N(C)[C@H](CO)CCN(Cc1ccccn1)C2. The molecule has 5 nitrogen and oxygen atoms in total. The number of fused-ring (bicyclic) bond motifs is 1. The van der Waals surface area contributed by atoms with E-state index in [0.717, 1.165) is 43.3 Å². The van der Waals surface area contributed by atoms with E-state index in [0.29, 0.717) is 0 Å². The highest BCUT2D eigenvalue weighted by molar-refractivity contribution is 5.48. The van der Waals surface area contributed by atoms with Crippen molar-refractivity contribution in [1.29, 1.82) is 0 Å². The largest absolute Gasteiger partial charge is 0.394 e. The summed E-state index contributed by atoms with van der Waals surface area (Å²) in [7, 11) is 2.03. The van der Waals surface area contributed by atoms with Crippen LogP contribution in [0.5, 0.6) is 0 Å². The first-order chi connectivity index (χ1) is 11.2. The second-order valence-corrected chi connectivity index (χ2v) is 6.20. The number of anilines is 1. The molecule has 0 aromatic carbocycles. The predicted molar refractivity (Wildman–Crippen MR) is 91.2 cm³/mol. The molecule has 0 saturated heterocycles. The van der Waals surface area contributed by atoms with Crippen LogP contribution in [0, 0.1) is 6.92 Å². The van der Waals surface area contributed by atoms with Crippen LogP contribution in [0.15, 0.2) is 36.5 Å². The molecule has 0 spiro atoms. The molecule has 5 heteroatoms. The van der Waals surface area contributed by atoms with Crippen LogP contribution >= 0.6 is 0 Å². The fraction of sp³-hybridized carbons (Fsp3) is 0.444. The van der Waals surface area contributed by atoms with E-state index in [4.69, 9.17) is 4.98 Å². The van der Waals surface area contributed by atoms with Crippen molar-refractivity contribution in [2.75, 3.05) is 25.1 Å². The van der Waals surface area contributed by atoms with Gasteiger partial charge in [0.25, 0.3) is 0 Å². The predicted octanol–water partition coefficient (Wildman–Crippen LogP) is 1.99. The number of rotatable bonds is 3. The summed E-state index contributed by atoms with van der Waals surface area (Å²) in [6.45, 7) is 4.74. The van der Waals surface area contributed by atoms with Gasteiger partial charge in [-0.25, -0.2) is 4.98 Å². The molecular weight excluding hydrogens is 288 g/mol. The first kappa shape index (κ1) is 15.9. The van der Waals surface area contributed by atoms with Crippen LogP contribution < -0.4 is 4.90 Å². The molecule has 3 rings (SSSR count).